The molecule has 0 bridgehead atoms. The van der Waals surface area contributed by atoms with E-state index in [0.717, 1.165) is 5.56 Å². The fourth-order valence-electron chi connectivity index (χ4n) is 4.45. The van der Waals surface area contributed by atoms with Crippen LogP contribution < -0.4 is 24.3 Å². The van der Waals surface area contributed by atoms with Crippen molar-refractivity contribution in [2.75, 3.05) is 54.4 Å². The SMILES string of the molecule is COCCCNC(=O)[C@H]1CN(C(=O)c2ccc3c(c2)OCO3)C[C@H]1c1cc(OC)ccc1OC. The van der Waals surface area contributed by atoms with Crippen molar-refractivity contribution in [3.8, 4) is 23.0 Å². The van der Waals surface area contributed by atoms with Crippen molar-refractivity contribution in [1.82, 2.24) is 10.2 Å². The standard InChI is InChI=1S/C25H30N2O7/c1-30-10-4-9-26-24(28)20-14-27(25(29)16-5-7-22-23(11-16)34-15-33-22)13-19(20)18-12-17(31-2)6-8-21(18)32-3/h5-8,11-12,19-20H,4,9-10,13-15H2,1-3H3,(H,26,28)/t19-,20-/m0/s1. The minimum Gasteiger partial charge on any atom is -0.497 e. The van der Waals surface area contributed by atoms with Crippen molar-refractivity contribution in [2.45, 2.75) is 12.3 Å². The number of hydrogen-bond donors (Lipinski definition) is 1. The van der Waals surface area contributed by atoms with Gasteiger partial charge in [-0.1, -0.05) is 0 Å². The van der Waals surface area contributed by atoms with Crippen LogP contribution in [-0.2, 0) is 9.53 Å². The van der Waals surface area contributed by atoms with Crippen LogP contribution >= 0.6 is 0 Å². The van der Waals surface area contributed by atoms with E-state index >= 15 is 0 Å². The van der Waals surface area contributed by atoms with Gasteiger partial charge in [-0.25, -0.2) is 0 Å². The molecule has 1 fully saturated rings. The summed E-state index contributed by atoms with van der Waals surface area (Å²) in [6, 6.07) is 10.6. The van der Waals surface area contributed by atoms with Crippen LogP contribution in [-0.4, -0.2) is 71.1 Å². The number of fused-ring (bicyclic) bond motifs is 1. The van der Waals surface area contributed by atoms with Crippen LogP contribution in [0.5, 0.6) is 23.0 Å². The summed E-state index contributed by atoms with van der Waals surface area (Å²) in [6.45, 7) is 1.86. The van der Waals surface area contributed by atoms with E-state index in [1.165, 1.54) is 0 Å². The highest BCUT2D eigenvalue weighted by molar-refractivity contribution is 5.96. The summed E-state index contributed by atoms with van der Waals surface area (Å²) in [7, 11) is 4.81. The Morgan fingerprint density at radius 3 is 2.62 bits per heavy atom. The molecule has 0 aromatic heterocycles. The number of ether oxygens (including phenoxy) is 5. The maximum absolute atomic E-state index is 13.4. The highest BCUT2D eigenvalue weighted by Gasteiger charge is 2.42. The van der Waals surface area contributed by atoms with Gasteiger partial charge in [-0.05, 0) is 42.8 Å². The average molecular weight is 471 g/mol. The zero-order valence-corrected chi connectivity index (χ0v) is 19.7. The van der Waals surface area contributed by atoms with Crippen molar-refractivity contribution in [1.29, 1.82) is 0 Å². The minimum absolute atomic E-state index is 0.105. The maximum atomic E-state index is 13.4. The van der Waals surface area contributed by atoms with Gasteiger partial charge in [0.15, 0.2) is 11.5 Å². The molecule has 1 N–H and O–H groups in total. The Morgan fingerprint density at radius 1 is 1.03 bits per heavy atom. The van der Waals surface area contributed by atoms with Gasteiger partial charge in [0.05, 0.1) is 20.1 Å². The summed E-state index contributed by atoms with van der Waals surface area (Å²) in [5.41, 5.74) is 1.32. The monoisotopic (exact) mass is 470 g/mol. The zero-order valence-electron chi connectivity index (χ0n) is 19.7. The molecule has 0 spiro atoms. The lowest BCUT2D eigenvalue weighted by atomic mass is 9.87. The molecular weight excluding hydrogens is 440 g/mol. The Labute approximate surface area is 198 Å². The highest BCUT2D eigenvalue weighted by atomic mass is 16.7. The normalized spacial score (nSPS) is 18.6. The number of nitrogens with zero attached hydrogens (tertiary/aromatic N) is 1. The van der Waals surface area contributed by atoms with Crippen LogP contribution in [0.2, 0.25) is 0 Å². The number of likely N-dealkylation sites (tertiary alicyclic amines) is 1. The third-order valence-corrected chi connectivity index (χ3v) is 6.22. The second kappa shape index (κ2) is 10.6. The summed E-state index contributed by atoms with van der Waals surface area (Å²) in [5.74, 6) is 1.50. The molecule has 2 atom stereocenters. The first kappa shape index (κ1) is 23.7. The first-order valence-electron chi connectivity index (χ1n) is 11.2. The topological polar surface area (TPSA) is 95.6 Å². The van der Waals surface area contributed by atoms with Crippen molar-refractivity contribution in [3.05, 3.63) is 47.5 Å². The second-order valence-electron chi connectivity index (χ2n) is 8.24. The lowest BCUT2D eigenvalue weighted by Gasteiger charge is -2.21. The Hall–Kier alpha value is -3.46. The van der Waals surface area contributed by atoms with Crippen LogP contribution in [0.25, 0.3) is 0 Å². The third kappa shape index (κ3) is 4.89. The number of rotatable bonds is 9. The van der Waals surface area contributed by atoms with Gasteiger partial charge >= 0.3 is 0 Å². The van der Waals surface area contributed by atoms with Gasteiger partial charge in [0, 0.05) is 50.4 Å². The number of carbonyl (C=O) groups excluding carboxylic acids is 2. The van der Waals surface area contributed by atoms with Gasteiger partial charge in [-0.15, -0.1) is 0 Å². The van der Waals surface area contributed by atoms with Crippen LogP contribution in [0.4, 0.5) is 0 Å². The quantitative estimate of drug-likeness (QED) is 0.563. The Kier molecular flexibility index (Phi) is 7.42. The summed E-state index contributed by atoms with van der Waals surface area (Å²) >= 11 is 0. The first-order valence-corrected chi connectivity index (χ1v) is 11.2. The molecule has 9 heteroatoms. The molecule has 0 saturated carbocycles. The minimum atomic E-state index is -0.443. The molecule has 34 heavy (non-hydrogen) atoms. The molecule has 9 nitrogen and oxygen atoms in total. The summed E-state index contributed by atoms with van der Waals surface area (Å²) in [6.07, 6.45) is 0.710. The van der Waals surface area contributed by atoms with Gasteiger partial charge in [0.2, 0.25) is 12.7 Å². The second-order valence-corrected chi connectivity index (χ2v) is 8.24. The zero-order chi connectivity index (χ0) is 24.1. The Balaban J connectivity index is 1.60. The van der Waals surface area contributed by atoms with Gasteiger partial charge in [-0.2, -0.15) is 0 Å². The smallest absolute Gasteiger partial charge is 0.254 e. The number of carbonyl (C=O) groups is 2. The molecule has 1 saturated heterocycles. The molecule has 2 aliphatic rings. The van der Waals surface area contributed by atoms with Crippen molar-refractivity contribution in [3.63, 3.8) is 0 Å². The van der Waals surface area contributed by atoms with Crippen LogP contribution in [0.3, 0.4) is 0 Å². The third-order valence-electron chi connectivity index (χ3n) is 6.22. The molecule has 2 aromatic carbocycles. The van der Waals surface area contributed by atoms with Crippen LogP contribution in [0.15, 0.2) is 36.4 Å². The number of amides is 2. The maximum Gasteiger partial charge on any atom is 0.254 e. The molecule has 2 heterocycles. The summed E-state index contributed by atoms with van der Waals surface area (Å²) in [5, 5.41) is 2.99. The fourth-order valence-corrected chi connectivity index (χ4v) is 4.45. The molecule has 0 radical (unpaired) electrons. The highest BCUT2D eigenvalue weighted by Crippen LogP contribution is 2.40. The van der Waals surface area contributed by atoms with Crippen LogP contribution in [0, 0.1) is 5.92 Å². The molecule has 0 unspecified atom stereocenters. The molecule has 2 aromatic rings. The number of methoxy groups -OCH3 is 3. The van der Waals surface area contributed by atoms with E-state index in [9.17, 15) is 9.59 Å². The summed E-state index contributed by atoms with van der Waals surface area (Å²) in [4.78, 5) is 28.3. The largest absolute Gasteiger partial charge is 0.497 e. The number of hydrogen-bond acceptors (Lipinski definition) is 7. The molecule has 4 rings (SSSR count). The molecule has 2 aliphatic heterocycles. The molecule has 2 amide bonds. The number of benzene rings is 2. The van der Waals surface area contributed by atoms with E-state index in [2.05, 4.69) is 5.32 Å². The van der Waals surface area contributed by atoms with E-state index < -0.39 is 5.92 Å². The van der Waals surface area contributed by atoms with Crippen molar-refractivity contribution < 1.29 is 33.3 Å². The van der Waals surface area contributed by atoms with Crippen LogP contribution in [0.1, 0.15) is 28.3 Å². The van der Waals surface area contributed by atoms with Crippen molar-refractivity contribution >= 4 is 11.8 Å². The number of nitrogens with one attached hydrogen (secondary N) is 1. The fraction of sp³-hybridized carbons (Fsp3) is 0.440. The first-order chi connectivity index (χ1) is 16.5. The Bertz CT molecular complexity index is 1040. The predicted molar refractivity (Wildman–Crippen MR) is 124 cm³/mol. The van der Waals surface area contributed by atoms with Gasteiger partial charge in [0.25, 0.3) is 5.91 Å². The van der Waals surface area contributed by atoms with E-state index in [-0.39, 0.29) is 31.1 Å². The van der Waals surface area contributed by atoms with E-state index in [4.69, 9.17) is 23.7 Å². The van der Waals surface area contributed by atoms with Crippen molar-refractivity contribution in [2.24, 2.45) is 5.92 Å². The van der Waals surface area contributed by atoms with Gasteiger partial charge in [-0.3, -0.25) is 9.59 Å². The van der Waals surface area contributed by atoms with E-state index in [0.29, 0.717) is 54.7 Å². The van der Waals surface area contributed by atoms with E-state index in [1.807, 2.05) is 18.2 Å². The lowest BCUT2D eigenvalue weighted by Crippen LogP contribution is -2.36. The van der Waals surface area contributed by atoms with Gasteiger partial charge < -0.3 is 33.9 Å². The Morgan fingerprint density at radius 2 is 1.85 bits per heavy atom. The average Bonchev–Trinajstić information content (AvgIpc) is 3.52. The molecule has 182 valence electrons. The van der Waals surface area contributed by atoms with Gasteiger partial charge in [0.1, 0.15) is 11.5 Å². The molecule has 0 aliphatic carbocycles. The summed E-state index contributed by atoms with van der Waals surface area (Å²) < 4.78 is 26.8. The lowest BCUT2D eigenvalue weighted by molar-refractivity contribution is -0.125. The predicted octanol–water partition coefficient (Wildman–Crippen LogP) is 2.44. The van der Waals surface area contributed by atoms with E-state index in [1.54, 1.807) is 44.4 Å². The molecular formula is C25H30N2O7.